The molecule has 1 rings (SSSR count). The van der Waals surface area contributed by atoms with Crippen molar-refractivity contribution in [1.82, 2.24) is 14.5 Å². The number of aromatic nitrogens is 2. The molecule has 0 fully saturated rings. The van der Waals surface area contributed by atoms with Gasteiger partial charge in [-0.1, -0.05) is 6.92 Å². The highest BCUT2D eigenvalue weighted by Gasteiger charge is 2.09. The van der Waals surface area contributed by atoms with Gasteiger partial charge in [-0.05, 0) is 0 Å². The summed E-state index contributed by atoms with van der Waals surface area (Å²) in [5.74, 6) is 0.505. The van der Waals surface area contributed by atoms with Gasteiger partial charge in [0.2, 0.25) is 10.0 Å². The summed E-state index contributed by atoms with van der Waals surface area (Å²) in [4.78, 5) is 0. The lowest BCUT2D eigenvalue weighted by atomic mass is 10.5. The Kier molecular flexibility index (Phi) is 4.13. The fourth-order valence-corrected chi connectivity index (χ4v) is 2.20. The largest absolute Gasteiger partial charge is 0.394 e. The van der Waals surface area contributed by atoms with Crippen LogP contribution in [0.1, 0.15) is 6.92 Å². The summed E-state index contributed by atoms with van der Waals surface area (Å²) in [6.07, 6.45) is 1.65. The third kappa shape index (κ3) is 3.70. The molecule has 92 valence electrons. The quantitative estimate of drug-likeness (QED) is 0.620. The van der Waals surface area contributed by atoms with Crippen molar-refractivity contribution in [2.24, 2.45) is 7.05 Å². The number of anilines is 2. The SMILES string of the molecule is CCNS(=O)(=O)CCNc1nn(C)cc1N. The summed E-state index contributed by atoms with van der Waals surface area (Å²) in [7, 11) is -1.45. The highest BCUT2D eigenvalue weighted by Crippen LogP contribution is 2.13. The Morgan fingerprint density at radius 3 is 2.75 bits per heavy atom. The molecular formula is C8H17N5O2S. The van der Waals surface area contributed by atoms with E-state index in [1.165, 1.54) is 0 Å². The first-order chi connectivity index (χ1) is 7.44. The van der Waals surface area contributed by atoms with Gasteiger partial charge in [-0.25, -0.2) is 13.1 Å². The second-order valence-corrected chi connectivity index (χ2v) is 5.28. The van der Waals surface area contributed by atoms with Crippen LogP contribution in [0.3, 0.4) is 0 Å². The standard InChI is InChI=1S/C8H17N5O2S/c1-3-11-16(14,15)5-4-10-8-7(9)6-13(2)12-8/h6,11H,3-5,9H2,1-2H3,(H,10,12). The number of aryl methyl sites for hydroxylation is 1. The van der Waals surface area contributed by atoms with Gasteiger partial charge in [0.25, 0.3) is 0 Å². The average Bonchev–Trinajstić information content (AvgIpc) is 2.44. The Morgan fingerprint density at radius 2 is 2.25 bits per heavy atom. The van der Waals surface area contributed by atoms with Crippen molar-refractivity contribution in [2.75, 3.05) is 29.9 Å². The Bertz CT molecular complexity index is 439. The van der Waals surface area contributed by atoms with Gasteiger partial charge in [-0.15, -0.1) is 0 Å². The fraction of sp³-hybridized carbons (Fsp3) is 0.625. The average molecular weight is 247 g/mol. The maximum Gasteiger partial charge on any atom is 0.213 e. The van der Waals surface area contributed by atoms with Gasteiger partial charge in [0, 0.05) is 26.3 Å². The molecule has 0 amide bonds. The third-order valence-corrected chi connectivity index (χ3v) is 3.35. The van der Waals surface area contributed by atoms with E-state index in [0.717, 1.165) is 0 Å². The van der Waals surface area contributed by atoms with Gasteiger partial charge in [-0.3, -0.25) is 4.68 Å². The Hall–Kier alpha value is -1.28. The first-order valence-electron chi connectivity index (χ1n) is 4.95. The summed E-state index contributed by atoms with van der Waals surface area (Å²) >= 11 is 0. The van der Waals surface area contributed by atoms with Crippen molar-refractivity contribution in [1.29, 1.82) is 0 Å². The second-order valence-electron chi connectivity index (χ2n) is 3.35. The third-order valence-electron chi connectivity index (χ3n) is 1.88. The number of nitrogens with one attached hydrogen (secondary N) is 2. The molecule has 4 N–H and O–H groups in total. The highest BCUT2D eigenvalue weighted by molar-refractivity contribution is 7.89. The lowest BCUT2D eigenvalue weighted by Gasteiger charge is -2.05. The molecule has 0 aromatic carbocycles. The van der Waals surface area contributed by atoms with Gasteiger partial charge in [-0.2, -0.15) is 5.10 Å². The van der Waals surface area contributed by atoms with E-state index >= 15 is 0 Å². The number of nitrogens with zero attached hydrogens (tertiary/aromatic N) is 2. The smallest absolute Gasteiger partial charge is 0.213 e. The maximum atomic E-state index is 11.3. The molecule has 16 heavy (non-hydrogen) atoms. The highest BCUT2D eigenvalue weighted by atomic mass is 32.2. The van der Waals surface area contributed by atoms with Crippen LogP contribution in [0.4, 0.5) is 11.5 Å². The molecule has 0 saturated carbocycles. The molecule has 0 bridgehead atoms. The summed E-state index contributed by atoms with van der Waals surface area (Å²) < 4.78 is 26.6. The first-order valence-corrected chi connectivity index (χ1v) is 6.60. The van der Waals surface area contributed by atoms with Crippen LogP contribution >= 0.6 is 0 Å². The van der Waals surface area contributed by atoms with Crippen LogP contribution in [0, 0.1) is 0 Å². The molecule has 1 heterocycles. The van der Waals surface area contributed by atoms with Crippen LogP contribution in [0.2, 0.25) is 0 Å². The normalized spacial score (nSPS) is 11.6. The summed E-state index contributed by atoms with van der Waals surface area (Å²) in [5, 5.41) is 6.91. The molecule has 0 spiro atoms. The van der Waals surface area contributed by atoms with Gasteiger partial charge >= 0.3 is 0 Å². The lowest BCUT2D eigenvalue weighted by Crippen LogP contribution is -2.29. The van der Waals surface area contributed by atoms with E-state index in [9.17, 15) is 8.42 Å². The van der Waals surface area contributed by atoms with Gasteiger partial charge < -0.3 is 11.1 Å². The summed E-state index contributed by atoms with van der Waals surface area (Å²) in [6, 6.07) is 0. The minimum absolute atomic E-state index is 0.00312. The number of sulfonamides is 1. The van der Waals surface area contributed by atoms with E-state index in [0.29, 0.717) is 18.1 Å². The molecule has 0 unspecified atom stereocenters. The Morgan fingerprint density at radius 1 is 1.56 bits per heavy atom. The molecule has 0 aliphatic carbocycles. The zero-order valence-electron chi connectivity index (χ0n) is 9.40. The zero-order valence-corrected chi connectivity index (χ0v) is 10.2. The van der Waals surface area contributed by atoms with Crippen molar-refractivity contribution >= 4 is 21.5 Å². The van der Waals surface area contributed by atoms with E-state index < -0.39 is 10.0 Å². The van der Waals surface area contributed by atoms with E-state index in [1.807, 2.05) is 0 Å². The predicted octanol–water partition coefficient (Wildman–Crippen LogP) is -0.646. The number of nitrogen functional groups attached to an aromatic ring is 1. The number of hydrogen-bond donors (Lipinski definition) is 3. The summed E-state index contributed by atoms with van der Waals surface area (Å²) in [5.41, 5.74) is 6.14. The Balaban J connectivity index is 2.45. The number of nitrogens with two attached hydrogens (primary N) is 1. The lowest BCUT2D eigenvalue weighted by molar-refractivity contribution is 0.584. The van der Waals surface area contributed by atoms with Crippen LogP contribution in [0.15, 0.2) is 6.20 Å². The maximum absolute atomic E-state index is 11.3. The Labute approximate surface area is 95.1 Å². The predicted molar refractivity (Wildman–Crippen MR) is 63.6 cm³/mol. The molecule has 0 atom stereocenters. The first kappa shape index (κ1) is 12.8. The molecule has 0 aliphatic rings. The van der Waals surface area contributed by atoms with E-state index in [4.69, 9.17) is 5.73 Å². The van der Waals surface area contributed by atoms with Crippen molar-refractivity contribution < 1.29 is 8.42 Å². The zero-order chi connectivity index (χ0) is 12.2. The molecule has 8 heteroatoms. The van der Waals surface area contributed by atoms with Crippen LogP contribution in [-0.2, 0) is 17.1 Å². The van der Waals surface area contributed by atoms with Gasteiger partial charge in [0.1, 0.15) is 0 Å². The molecule has 0 radical (unpaired) electrons. The van der Waals surface area contributed by atoms with Gasteiger partial charge in [0.05, 0.1) is 11.4 Å². The monoisotopic (exact) mass is 247 g/mol. The number of hydrogen-bond acceptors (Lipinski definition) is 5. The van der Waals surface area contributed by atoms with Crippen LogP contribution in [0.25, 0.3) is 0 Å². The molecular weight excluding hydrogens is 230 g/mol. The van der Waals surface area contributed by atoms with E-state index in [2.05, 4.69) is 15.1 Å². The minimum atomic E-state index is -3.20. The van der Waals surface area contributed by atoms with Crippen molar-refractivity contribution in [3.63, 3.8) is 0 Å². The van der Waals surface area contributed by atoms with Crippen molar-refractivity contribution in [2.45, 2.75) is 6.92 Å². The van der Waals surface area contributed by atoms with Crippen molar-refractivity contribution in [3.05, 3.63) is 6.20 Å². The van der Waals surface area contributed by atoms with E-state index in [-0.39, 0.29) is 12.3 Å². The summed E-state index contributed by atoms with van der Waals surface area (Å²) in [6.45, 7) is 2.41. The van der Waals surface area contributed by atoms with Crippen LogP contribution in [-0.4, -0.2) is 37.0 Å². The van der Waals surface area contributed by atoms with E-state index in [1.54, 1.807) is 24.9 Å². The molecule has 0 saturated heterocycles. The fourth-order valence-electron chi connectivity index (χ4n) is 1.24. The molecule has 0 aliphatic heterocycles. The topological polar surface area (TPSA) is 102 Å². The second kappa shape index (κ2) is 5.17. The number of rotatable bonds is 6. The molecule has 7 nitrogen and oxygen atoms in total. The van der Waals surface area contributed by atoms with Crippen LogP contribution in [0.5, 0.6) is 0 Å². The minimum Gasteiger partial charge on any atom is -0.394 e. The molecule has 1 aromatic rings. The van der Waals surface area contributed by atoms with Crippen LogP contribution < -0.4 is 15.8 Å². The molecule has 1 aromatic heterocycles. The van der Waals surface area contributed by atoms with Crippen molar-refractivity contribution in [3.8, 4) is 0 Å². The van der Waals surface area contributed by atoms with Gasteiger partial charge in [0.15, 0.2) is 5.82 Å².